The Morgan fingerprint density at radius 3 is 2.79 bits per heavy atom. The minimum absolute atomic E-state index is 0.719. The van der Waals surface area contributed by atoms with Crippen LogP contribution in [0.3, 0.4) is 0 Å². The number of halogens is 1. The summed E-state index contributed by atoms with van der Waals surface area (Å²) in [7, 11) is 0. The van der Waals surface area contributed by atoms with Gasteiger partial charge in [0.15, 0.2) is 5.82 Å². The number of aromatic nitrogens is 4. The zero-order valence-electron chi connectivity index (χ0n) is 10.9. The summed E-state index contributed by atoms with van der Waals surface area (Å²) < 4.78 is 1.69. The molecule has 2 heterocycles. The summed E-state index contributed by atoms with van der Waals surface area (Å²) in [5.41, 5.74) is 0.786. The fraction of sp³-hybridized carbons (Fsp3) is 0.273. The third-order valence-corrected chi connectivity index (χ3v) is 5.72. The van der Waals surface area contributed by atoms with Crippen LogP contribution in [0.1, 0.15) is 11.5 Å². The average Bonchev–Trinajstić information content (AvgIpc) is 2.67. The van der Waals surface area contributed by atoms with Gasteiger partial charge < -0.3 is 0 Å². The molecule has 0 unspecified atom stereocenters. The molecule has 0 saturated carbocycles. The summed E-state index contributed by atoms with van der Waals surface area (Å²) in [6.07, 6.45) is 3.41. The van der Waals surface area contributed by atoms with Crippen molar-refractivity contribution in [3.63, 3.8) is 0 Å². The van der Waals surface area contributed by atoms with Crippen LogP contribution < -0.4 is 0 Å². The highest BCUT2D eigenvalue weighted by atomic mass is 35.6. The van der Waals surface area contributed by atoms with Crippen LogP contribution in [-0.4, -0.2) is 32.6 Å². The van der Waals surface area contributed by atoms with Gasteiger partial charge in [0, 0.05) is 6.20 Å². The normalized spacial score (nSPS) is 12.2. The minimum atomic E-state index is -1.85. The Kier molecular flexibility index (Phi) is 4.38. The van der Waals surface area contributed by atoms with Gasteiger partial charge in [-0.2, -0.15) is 20.9 Å². The molecular weight excluding hydrogens is 298 g/mol. The molecule has 2 aromatic rings. The second kappa shape index (κ2) is 5.85. The third kappa shape index (κ3) is 4.15. The molecule has 0 radical (unpaired) electrons. The lowest BCUT2D eigenvalue weighted by molar-refractivity contribution is 0.746. The maximum Gasteiger partial charge on any atom is 0.218 e. The van der Waals surface area contributed by atoms with Crippen LogP contribution in [0.15, 0.2) is 34.7 Å². The smallest absolute Gasteiger partial charge is 0.218 e. The Labute approximate surface area is 121 Å². The van der Waals surface area contributed by atoms with Gasteiger partial charge in [0.25, 0.3) is 0 Å². The van der Waals surface area contributed by atoms with E-state index in [9.17, 15) is 0 Å². The van der Waals surface area contributed by atoms with E-state index in [4.69, 9.17) is 11.1 Å². The van der Waals surface area contributed by atoms with E-state index in [1.54, 1.807) is 28.3 Å². The van der Waals surface area contributed by atoms with E-state index in [-0.39, 0.29) is 0 Å². The van der Waals surface area contributed by atoms with E-state index in [0.29, 0.717) is 0 Å². The molecule has 0 spiro atoms. The highest BCUT2D eigenvalue weighted by Gasteiger charge is 2.23. The van der Waals surface area contributed by atoms with Crippen LogP contribution in [0.4, 0.5) is 0 Å². The van der Waals surface area contributed by atoms with Crippen molar-refractivity contribution in [2.75, 3.05) is 0 Å². The highest BCUT2D eigenvalue weighted by Crippen LogP contribution is 2.30. The highest BCUT2D eigenvalue weighted by molar-refractivity contribution is 8.33. The molecule has 2 aromatic heterocycles. The van der Waals surface area contributed by atoms with Crippen LogP contribution in [-0.2, 0) is 0 Å². The first-order chi connectivity index (χ1) is 8.96. The maximum atomic E-state index is 6.32. The van der Waals surface area contributed by atoms with Crippen molar-refractivity contribution in [3.8, 4) is 0 Å². The van der Waals surface area contributed by atoms with Gasteiger partial charge in [0.2, 0.25) is 11.7 Å². The number of hydrogen-bond acceptors (Lipinski definition) is 5. The monoisotopic (exact) mass is 311 g/mol. The Balaban J connectivity index is 2.25. The Morgan fingerprint density at radius 1 is 1.37 bits per heavy atom. The molecule has 0 aliphatic rings. The Hall–Kier alpha value is -1.18. The number of pyridine rings is 1. The van der Waals surface area contributed by atoms with Crippen molar-refractivity contribution in [3.05, 3.63) is 35.9 Å². The topological polar surface area (TPSA) is 56.0 Å². The van der Waals surface area contributed by atoms with Gasteiger partial charge in [0.05, 0.1) is 11.9 Å². The molecule has 2 rings (SSSR count). The maximum absolute atomic E-state index is 6.32. The Bertz CT molecular complexity index is 579. The summed E-state index contributed by atoms with van der Waals surface area (Å²) >= 11 is 7.87. The Morgan fingerprint density at radius 2 is 2.16 bits per heavy atom. The standard InChI is InChI=1S/C11H14ClN5SSi/c1-9-15-16-11(18-19(2,3)12)17(9)14-8-10-6-4-5-7-13-10/h4-8H,1-3H3/b14-8+. The molecule has 0 aromatic carbocycles. The molecule has 5 nitrogen and oxygen atoms in total. The van der Waals surface area contributed by atoms with E-state index < -0.39 is 6.53 Å². The molecular formula is C11H14ClN5SSi. The van der Waals surface area contributed by atoms with Gasteiger partial charge in [-0.3, -0.25) is 4.98 Å². The van der Waals surface area contributed by atoms with E-state index in [1.807, 2.05) is 38.2 Å². The predicted molar refractivity (Wildman–Crippen MR) is 81.2 cm³/mol. The molecule has 0 aliphatic carbocycles. The lowest BCUT2D eigenvalue weighted by Crippen LogP contribution is -2.12. The van der Waals surface area contributed by atoms with Crippen LogP contribution in [0.2, 0.25) is 13.1 Å². The number of nitrogens with zero attached hydrogens (tertiary/aromatic N) is 5. The molecule has 0 aliphatic heterocycles. The van der Waals surface area contributed by atoms with E-state index in [2.05, 4.69) is 20.3 Å². The summed E-state index contributed by atoms with van der Waals surface area (Å²) in [4.78, 5) is 4.18. The molecule has 0 bridgehead atoms. The molecule has 8 heteroatoms. The van der Waals surface area contributed by atoms with Gasteiger partial charge in [-0.05, 0) is 32.2 Å². The number of hydrogen-bond donors (Lipinski definition) is 0. The van der Waals surface area contributed by atoms with Crippen LogP contribution >= 0.6 is 22.3 Å². The van der Waals surface area contributed by atoms with Crippen LogP contribution in [0.5, 0.6) is 0 Å². The zero-order chi connectivity index (χ0) is 13.9. The average molecular weight is 312 g/mol. The zero-order valence-corrected chi connectivity index (χ0v) is 13.5. The van der Waals surface area contributed by atoms with Gasteiger partial charge in [-0.1, -0.05) is 17.3 Å². The molecule has 19 heavy (non-hydrogen) atoms. The van der Waals surface area contributed by atoms with E-state index in [0.717, 1.165) is 16.7 Å². The summed E-state index contributed by atoms with van der Waals surface area (Å²) in [6.45, 7) is 4.08. The first-order valence-electron chi connectivity index (χ1n) is 5.71. The van der Waals surface area contributed by atoms with Crippen molar-refractivity contribution in [2.45, 2.75) is 25.2 Å². The van der Waals surface area contributed by atoms with E-state index >= 15 is 0 Å². The van der Waals surface area contributed by atoms with Gasteiger partial charge in [-0.15, -0.1) is 10.2 Å². The van der Waals surface area contributed by atoms with Crippen LogP contribution in [0, 0.1) is 6.92 Å². The number of aryl methyl sites for hydroxylation is 1. The first kappa shape index (κ1) is 14.2. The largest absolute Gasteiger partial charge is 0.255 e. The second-order valence-corrected chi connectivity index (χ2v) is 14.8. The van der Waals surface area contributed by atoms with Crippen molar-refractivity contribution >= 4 is 35.0 Å². The van der Waals surface area contributed by atoms with Gasteiger partial charge >= 0.3 is 0 Å². The number of rotatable bonds is 4. The quantitative estimate of drug-likeness (QED) is 0.495. The minimum Gasteiger partial charge on any atom is -0.255 e. The lowest BCUT2D eigenvalue weighted by Gasteiger charge is -2.10. The molecule has 100 valence electrons. The van der Waals surface area contributed by atoms with Crippen molar-refractivity contribution in [2.24, 2.45) is 5.10 Å². The fourth-order valence-corrected chi connectivity index (χ4v) is 4.41. The first-order valence-corrected chi connectivity index (χ1v) is 11.3. The fourth-order valence-electron chi connectivity index (χ4n) is 1.32. The molecule has 0 amide bonds. The summed E-state index contributed by atoms with van der Waals surface area (Å²) in [5.74, 6) is 0.726. The molecule has 0 N–H and O–H groups in total. The van der Waals surface area contributed by atoms with Crippen molar-refractivity contribution in [1.82, 2.24) is 19.9 Å². The molecule has 0 atom stereocenters. The SMILES string of the molecule is Cc1nnc(S[Si](C)(C)Cl)n1/N=C/c1ccccn1. The van der Waals surface area contributed by atoms with Gasteiger partial charge in [0.1, 0.15) is 0 Å². The second-order valence-electron chi connectivity index (χ2n) is 4.31. The predicted octanol–water partition coefficient (Wildman–Crippen LogP) is 2.90. The van der Waals surface area contributed by atoms with Crippen LogP contribution in [0.25, 0.3) is 0 Å². The third-order valence-electron chi connectivity index (χ3n) is 2.10. The van der Waals surface area contributed by atoms with Crippen molar-refractivity contribution in [1.29, 1.82) is 0 Å². The van der Waals surface area contributed by atoms with Crippen molar-refractivity contribution < 1.29 is 0 Å². The lowest BCUT2D eigenvalue weighted by atomic mass is 10.4. The molecule has 0 fully saturated rings. The van der Waals surface area contributed by atoms with E-state index in [1.165, 1.54) is 0 Å². The van der Waals surface area contributed by atoms with Gasteiger partial charge in [-0.25, -0.2) is 0 Å². The molecule has 0 saturated heterocycles. The summed E-state index contributed by atoms with van der Waals surface area (Å²) in [6, 6.07) is 5.67. The summed E-state index contributed by atoms with van der Waals surface area (Å²) in [5, 5.41) is 13.2.